The predicted octanol–water partition coefficient (Wildman–Crippen LogP) is 10.8. The van der Waals surface area contributed by atoms with Crippen molar-refractivity contribution in [3.8, 4) is 16.8 Å². The van der Waals surface area contributed by atoms with Gasteiger partial charge >= 0.3 is 0 Å². The zero-order chi connectivity index (χ0) is 27.1. The molecule has 41 heavy (non-hydrogen) atoms. The van der Waals surface area contributed by atoms with Crippen molar-refractivity contribution in [1.29, 1.82) is 0 Å². The first-order chi connectivity index (χ1) is 20.3. The van der Waals surface area contributed by atoms with Crippen molar-refractivity contribution < 1.29 is 8.83 Å². The van der Waals surface area contributed by atoms with E-state index in [4.69, 9.17) is 15.4 Å². The molecule has 0 aliphatic carbocycles. The van der Waals surface area contributed by atoms with Gasteiger partial charge in [-0.25, -0.2) is 4.85 Å². The lowest BCUT2D eigenvalue weighted by Gasteiger charge is -2.09. The van der Waals surface area contributed by atoms with Crippen molar-refractivity contribution in [1.82, 2.24) is 4.57 Å². The maximum atomic E-state index is 7.54. The lowest BCUT2D eigenvalue weighted by Crippen LogP contribution is -1.94. The standard InChI is InChI=1S/C37H20N2O2/c1-38-22-19-20-31-29(21-22)23-9-2-4-15-30(23)39(31)32-16-7-14-28-35-25(11-8-18-34(35)41-37(28)32)27-13-6-12-26-24-10-3-5-17-33(24)40-36(26)27/h2-21H. The molecule has 0 atom stereocenters. The summed E-state index contributed by atoms with van der Waals surface area (Å²) in [6, 6.07) is 41.4. The highest BCUT2D eigenvalue weighted by Crippen LogP contribution is 2.44. The highest BCUT2D eigenvalue weighted by atomic mass is 16.3. The quantitative estimate of drug-likeness (QED) is 0.211. The Kier molecular flexibility index (Phi) is 4.37. The molecule has 0 bridgehead atoms. The van der Waals surface area contributed by atoms with Crippen LogP contribution in [-0.2, 0) is 0 Å². The second-order valence-corrected chi connectivity index (χ2v) is 10.4. The number of furan rings is 2. The first kappa shape index (κ1) is 22.1. The van der Waals surface area contributed by atoms with E-state index in [-0.39, 0.29) is 0 Å². The summed E-state index contributed by atoms with van der Waals surface area (Å²) < 4.78 is 15.4. The van der Waals surface area contributed by atoms with Crippen molar-refractivity contribution in [3.63, 3.8) is 0 Å². The molecular formula is C37H20N2O2. The molecule has 0 fully saturated rings. The van der Waals surface area contributed by atoms with Crippen LogP contribution < -0.4 is 0 Å². The second-order valence-electron chi connectivity index (χ2n) is 10.4. The van der Waals surface area contributed by atoms with Crippen LogP contribution in [-0.4, -0.2) is 4.57 Å². The van der Waals surface area contributed by atoms with Crippen LogP contribution in [0, 0.1) is 6.57 Å². The fourth-order valence-electron chi connectivity index (χ4n) is 6.48. The van der Waals surface area contributed by atoms with Crippen molar-refractivity contribution in [2.45, 2.75) is 0 Å². The molecule has 0 unspecified atom stereocenters. The van der Waals surface area contributed by atoms with Crippen LogP contribution in [0.15, 0.2) is 130 Å². The van der Waals surface area contributed by atoms with Crippen molar-refractivity contribution in [2.75, 3.05) is 0 Å². The summed E-state index contributed by atoms with van der Waals surface area (Å²) in [5.74, 6) is 0. The molecule has 3 aromatic heterocycles. The van der Waals surface area contributed by atoms with Gasteiger partial charge in [-0.3, -0.25) is 0 Å². The molecule has 0 aliphatic heterocycles. The third kappa shape index (κ3) is 2.98. The van der Waals surface area contributed by atoms with Gasteiger partial charge in [0.2, 0.25) is 0 Å². The van der Waals surface area contributed by atoms with E-state index in [0.29, 0.717) is 5.69 Å². The maximum Gasteiger partial charge on any atom is 0.188 e. The Morgan fingerprint density at radius 1 is 0.512 bits per heavy atom. The van der Waals surface area contributed by atoms with E-state index in [9.17, 15) is 0 Å². The normalized spacial score (nSPS) is 11.9. The average molecular weight is 525 g/mol. The van der Waals surface area contributed by atoms with Gasteiger partial charge in [-0.1, -0.05) is 84.9 Å². The first-order valence-electron chi connectivity index (χ1n) is 13.6. The summed E-state index contributed by atoms with van der Waals surface area (Å²) in [7, 11) is 0. The molecule has 0 N–H and O–H groups in total. The van der Waals surface area contributed by atoms with Crippen molar-refractivity contribution in [3.05, 3.63) is 133 Å². The van der Waals surface area contributed by atoms with Crippen LogP contribution in [0.5, 0.6) is 0 Å². The number of aromatic nitrogens is 1. The third-order valence-electron chi connectivity index (χ3n) is 8.22. The summed E-state index contributed by atoms with van der Waals surface area (Å²) in [6.45, 7) is 7.54. The van der Waals surface area contributed by atoms with Gasteiger partial charge in [-0.15, -0.1) is 0 Å². The third-order valence-corrected chi connectivity index (χ3v) is 8.22. The Hall–Kier alpha value is -5.79. The van der Waals surface area contributed by atoms with E-state index in [1.54, 1.807) is 0 Å². The summed E-state index contributed by atoms with van der Waals surface area (Å²) >= 11 is 0. The molecule has 0 amide bonds. The number of hydrogen-bond acceptors (Lipinski definition) is 2. The fraction of sp³-hybridized carbons (Fsp3) is 0. The molecule has 0 spiro atoms. The zero-order valence-electron chi connectivity index (χ0n) is 21.8. The van der Waals surface area contributed by atoms with E-state index in [1.165, 1.54) is 0 Å². The van der Waals surface area contributed by atoms with E-state index >= 15 is 0 Å². The molecule has 0 aliphatic rings. The van der Waals surface area contributed by atoms with Crippen molar-refractivity contribution >= 4 is 71.4 Å². The fourth-order valence-corrected chi connectivity index (χ4v) is 6.48. The summed E-state index contributed by atoms with van der Waals surface area (Å²) in [6.07, 6.45) is 0. The predicted molar refractivity (Wildman–Crippen MR) is 167 cm³/mol. The number of nitrogens with zero attached hydrogens (tertiary/aromatic N) is 2. The smallest absolute Gasteiger partial charge is 0.188 e. The minimum absolute atomic E-state index is 0.631. The second kappa shape index (κ2) is 8.11. The van der Waals surface area contributed by atoms with Gasteiger partial charge in [0.05, 0.1) is 23.3 Å². The van der Waals surface area contributed by atoms with E-state index in [0.717, 1.165) is 82.5 Å². The van der Waals surface area contributed by atoms with Crippen LogP contribution in [0.3, 0.4) is 0 Å². The van der Waals surface area contributed by atoms with Gasteiger partial charge in [0.25, 0.3) is 0 Å². The Bertz CT molecular complexity index is 2550. The molecule has 9 rings (SSSR count). The van der Waals surface area contributed by atoms with Crippen LogP contribution in [0.25, 0.3) is 87.3 Å². The largest absolute Gasteiger partial charge is 0.455 e. The molecule has 0 saturated heterocycles. The number of rotatable bonds is 2. The number of hydrogen-bond donors (Lipinski definition) is 0. The van der Waals surface area contributed by atoms with Crippen LogP contribution in [0.4, 0.5) is 5.69 Å². The monoisotopic (exact) mass is 524 g/mol. The van der Waals surface area contributed by atoms with Gasteiger partial charge in [0.1, 0.15) is 16.7 Å². The number of fused-ring (bicyclic) bond motifs is 9. The Morgan fingerprint density at radius 3 is 2.12 bits per heavy atom. The highest BCUT2D eigenvalue weighted by molar-refractivity contribution is 6.19. The summed E-state index contributed by atoms with van der Waals surface area (Å²) in [5.41, 5.74) is 9.24. The Morgan fingerprint density at radius 2 is 1.20 bits per heavy atom. The lowest BCUT2D eigenvalue weighted by atomic mass is 9.97. The molecule has 4 nitrogen and oxygen atoms in total. The molecule has 3 heterocycles. The molecule has 9 aromatic rings. The number of para-hydroxylation sites is 4. The molecule has 0 saturated carbocycles. The maximum absolute atomic E-state index is 7.54. The van der Waals surface area contributed by atoms with E-state index < -0.39 is 0 Å². The van der Waals surface area contributed by atoms with Crippen LogP contribution in [0.2, 0.25) is 0 Å². The SMILES string of the molecule is [C-]#[N+]c1ccc2c(c1)c1ccccc1n2-c1cccc2c1oc1cccc(-c3cccc4c3oc3ccccc34)c12. The average Bonchev–Trinajstić information content (AvgIpc) is 3.70. The van der Waals surface area contributed by atoms with Gasteiger partial charge in [0.15, 0.2) is 11.3 Å². The van der Waals surface area contributed by atoms with Gasteiger partial charge in [0, 0.05) is 32.5 Å². The Labute approximate surface area is 234 Å². The van der Waals surface area contributed by atoms with Crippen LogP contribution in [0.1, 0.15) is 0 Å². The molecule has 4 heteroatoms. The Balaban J connectivity index is 1.37. The zero-order valence-corrected chi connectivity index (χ0v) is 21.8. The minimum atomic E-state index is 0.631. The molecule has 190 valence electrons. The highest BCUT2D eigenvalue weighted by Gasteiger charge is 2.21. The summed E-state index contributed by atoms with van der Waals surface area (Å²) in [4.78, 5) is 3.68. The first-order valence-corrected chi connectivity index (χ1v) is 13.6. The topological polar surface area (TPSA) is 35.6 Å². The number of benzene rings is 6. The van der Waals surface area contributed by atoms with Gasteiger partial charge in [-0.2, -0.15) is 0 Å². The van der Waals surface area contributed by atoms with E-state index in [1.807, 2.05) is 54.6 Å². The van der Waals surface area contributed by atoms with E-state index in [2.05, 4.69) is 76.1 Å². The summed E-state index contributed by atoms with van der Waals surface area (Å²) in [5, 5.41) is 6.49. The van der Waals surface area contributed by atoms with Crippen molar-refractivity contribution in [2.24, 2.45) is 0 Å². The van der Waals surface area contributed by atoms with Gasteiger partial charge in [-0.05, 0) is 47.3 Å². The van der Waals surface area contributed by atoms with Crippen LogP contribution >= 0.6 is 0 Å². The molecule has 6 aromatic carbocycles. The molecule has 0 radical (unpaired) electrons. The lowest BCUT2D eigenvalue weighted by molar-refractivity contribution is 0.666. The molecular weight excluding hydrogens is 504 g/mol. The van der Waals surface area contributed by atoms with Gasteiger partial charge < -0.3 is 13.4 Å². The minimum Gasteiger partial charge on any atom is -0.455 e.